The Balaban J connectivity index is 1.57. The second kappa shape index (κ2) is 6.80. The predicted molar refractivity (Wildman–Crippen MR) is 83.7 cm³/mol. The third kappa shape index (κ3) is 3.58. The molecule has 2 fully saturated rings. The molecule has 0 aliphatic carbocycles. The Morgan fingerprint density at radius 1 is 1.24 bits per heavy atom. The van der Waals surface area contributed by atoms with Gasteiger partial charge in [0.2, 0.25) is 0 Å². The van der Waals surface area contributed by atoms with Crippen molar-refractivity contribution in [3.05, 3.63) is 34.9 Å². The van der Waals surface area contributed by atoms with Crippen LogP contribution in [-0.2, 0) is 4.74 Å². The van der Waals surface area contributed by atoms with Crippen LogP contribution in [0.2, 0.25) is 5.02 Å². The van der Waals surface area contributed by atoms with E-state index in [0.717, 1.165) is 0 Å². The van der Waals surface area contributed by atoms with Crippen molar-refractivity contribution in [3.8, 4) is 0 Å². The van der Waals surface area contributed by atoms with E-state index in [0.29, 0.717) is 29.2 Å². The molecule has 114 valence electrons. The Labute approximate surface area is 131 Å². The highest BCUT2D eigenvalue weighted by atomic mass is 35.5. The van der Waals surface area contributed by atoms with Crippen molar-refractivity contribution in [2.24, 2.45) is 5.92 Å². The highest BCUT2D eigenvalue weighted by molar-refractivity contribution is 6.30. The van der Waals surface area contributed by atoms with Crippen molar-refractivity contribution < 1.29 is 9.53 Å². The largest absolute Gasteiger partial charge is 0.462 e. The fourth-order valence-electron chi connectivity index (χ4n) is 3.65. The molecule has 1 aromatic rings. The second-order valence-corrected chi connectivity index (χ2v) is 6.55. The van der Waals surface area contributed by atoms with E-state index in [1.807, 2.05) is 0 Å². The number of carbonyl (C=O) groups excluding carboxylic acids is 1. The smallest absolute Gasteiger partial charge is 0.338 e. The van der Waals surface area contributed by atoms with Crippen LogP contribution >= 0.6 is 11.6 Å². The minimum absolute atomic E-state index is 0.259. The number of hydrogen-bond donors (Lipinski definition) is 0. The number of benzene rings is 1. The first-order chi connectivity index (χ1) is 10.2. The van der Waals surface area contributed by atoms with E-state index in [-0.39, 0.29) is 5.97 Å². The van der Waals surface area contributed by atoms with Gasteiger partial charge in [-0.05, 0) is 57.0 Å². The van der Waals surface area contributed by atoms with Crippen LogP contribution in [0.3, 0.4) is 0 Å². The van der Waals surface area contributed by atoms with Crippen molar-refractivity contribution in [1.29, 1.82) is 0 Å². The average molecular weight is 308 g/mol. The lowest BCUT2D eigenvalue weighted by molar-refractivity contribution is 0.00739. The number of piperidine rings is 2. The van der Waals surface area contributed by atoms with Gasteiger partial charge < -0.3 is 4.74 Å². The maximum Gasteiger partial charge on any atom is 0.338 e. The van der Waals surface area contributed by atoms with Gasteiger partial charge in [0.05, 0.1) is 12.2 Å². The Kier molecular flexibility index (Phi) is 4.81. The molecule has 2 saturated heterocycles. The molecule has 3 nitrogen and oxygen atoms in total. The van der Waals surface area contributed by atoms with Gasteiger partial charge in [-0.1, -0.05) is 24.1 Å². The lowest BCUT2D eigenvalue weighted by atomic mass is 9.84. The highest BCUT2D eigenvalue weighted by Gasteiger charge is 2.33. The van der Waals surface area contributed by atoms with Crippen LogP contribution in [0, 0.1) is 5.92 Å². The molecular formula is C17H22ClNO2. The molecule has 0 saturated carbocycles. The van der Waals surface area contributed by atoms with Crippen LogP contribution in [0.1, 0.15) is 42.5 Å². The molecule has 2 aliphatic rings. The van der Waals surface area contributed by atoms with E-state index >= 15 is 0 Å². The van der Waals surface area contributed by atoms with Gasteiger partial charge in [-0.15, -0.1) is 0 Å². The fraction of sp³-hybridized carbons (Fsp3) is 0.588. The molecule has 0 amide bonds. The van der Waals surface area contributed by atoms with E-state index in [2.05, 4.69) is 4.90 Å². The van der Waals surface area contributed by atoms with Gasteiger partial charge in [0.15, 0.2) is 0 Å². The summed E-state index contributed by atoms with van der Waals surface area (Å²) in [6.45, 7) is 2.96. The van der Waals surface area contributed by atoms with Crippen LogP contribution in [-0.4, -0.2) is 36.6 Å². The van der Waals surface area contributed by atoms with E-state index in [1.165, 1.54) is 45.2 Å². The number of halogens is 1. The quantitative estimate of drug-likeness (QED) is 0.796. The average Bonchev–Trinajstić information content (AvgIpc) is 2.52. The van der Waals surface area contributed by atoms with Crippen LogP contribution in [0.4, 0.5) is 0 Å². The Morgan fingerprint density at radius 2 is 2.10 bits per heavy atom. The Morgan fingerprint density at radius 3 is 2.95 bits per heavy atom. The SMILES string of the molecule is O=C(OC[C@H]1CCCN2CCCC[C@H]12)c1cccc(Cl)c1. The van der Waals surface area contributed by atoms with Crippen molar-refractivity contribution in [1.82, 2.24) is 4.90 Å². The number of rotatable bonds is 3. The molecule has 4 heteroatoms. The van der Waals surface area contributed by atoms with Gasteiger partial charge in [-0.2, -0.15) is 0 Å². The molecule has 2 aliphatic heterocycles. The van der Waals surface area contributed by atoms with Crippen LogP contribution in [0.25, 0.3) is 0 Å². The first-order valence-corrected chi connectivity index (χ1v) is 8.28. The van der Waals surface area contributed by atoms with Crippen LogP contribution in [0.5, 0.6) is 0 Å². The summed E-state index contributed by atoms with van der Waals surface area (Å²) < 4.78 is 5.55. The molecular weight excluding hydrogens is 286 g/mol. The van der Waals surface area contributed by atoms with Gasteiger partial charge in [0.1, 0.15) is 0 Å². The topological polar surface area (TPSA) is 29.5 Å². The van der Waals surface area contributed by atoms with Gasteiger partial charge in [0.25, 0.3) is 0 Å². The first-order valence-electron chi connectivity index (χ1n) is 7.91. The van der Waals surface area contributed by atoms with Crippen LogP contribution in [0.15, 0.2) is 24.3 Å². The van der Waals surface area contributed by atoms with Gasteiger partial charge in [-0.3, -0.25) is 4.90 Å². The predicted octanol–water partition coefficient (Wildman–Crippen LogP) is 3.76. The third-order valence-electron chi connectivity index (χ3n) is 4.72. The number of hydrogen-bond acceptors (Lipinski definition) is 3. The number of carbonyl (C=O) groups is 1. The van der Waals surface area contributed by atoms with Crippen molar-refractivity contribution in [2.45, 2.75) is 38.1 Å². The monoisotopic (exact) mass is 307 g/mol. The second-order valence-electron chi connectivity index (χ2n) is 6.11. The van der Waals surface area contributed by atoms with E-state index < -0.39 is 0 Å². The summed E-state index contributed by atoms with van der Waals surface area (Å²) in [5.41, 5.74) is 0.541. The van der Waals surface area contributed by atoms with Crippen molar-refractivity contribution in [2.75, 3.05) is 19.7 Å². The summed E-state index contributed by atoms with van der Waals surface area (Å²) in [6.07, 6.45) is 6.25. The number of fused-ring (bicyclic) bond motifs is 1. The standard InChI is InChI=1S/C17H22ClNO2/c18-15-7-3-5-13(11-15)17(20)21-12-14-6-4-10-19-9-2-1-8-16(14)19/h3,5,7,11,14,16H,1-2,4,6,8-10,12H2/t14-,16-/m1/s1. The third-order valence-corrected chi connectivity index (χ3v) is 4.95. The van der Waals surface area contributed by atoms with Gasteiger partial charge >= 0.3 is 5.97 Å². The van der Waals surface area contributed by atoms with Crippen molar-refractivity contribution in [3.63, 3.8) is 0 Å². The lowest BCUT2D eigenvalue weighted by Crippen LogP contribution is -2.49. The van der Waals surface area contributed by atoms with E-state index in [1.54, 1.807) is 24.3 Å². The maximum absolute atomic E-state index is 12.1. The zero-order valence-corrected chi connectivity index (χ0v) is 13.0. The molecule has 2 atom stereocenters. The zero-order chi connectivity index (χ0) is 14.7. The molecule has 3 rings (SSSR count). The molecule has 1 aromatic carbocycles. The molecule has 0 radical (unpaired) electrons. The summed E-state index contributed by atoms with van der Waals surface area (Å²) in [4.78, 5) is 14.7. The van der Waals surface area contributed by atoms with Gasteiger partial charge in [-0.25, -0.2) is 4.79 Å². The number of nitrogens with zero attached hydrogens (tertiary/aromatic N) is 1. The molecule has 21 heavy (non-hydrogen) atoms. The molecule has 0 unspecified atom stereocenters. The molecule has 0 bridgehead atoms. The normalized spacial score (nSPS) is 26.1. The summed E-state index contributed by atoms with van der Waals surface area (Å²) in [5.74, 6) is 0.229. The number of esters is 1. The Hall–Kier alpha value is -1.06. The lowest BCUT2D eigenvalue weighted by Gasteiger charge is -2.44. The highest BCUT2D eigenvalue weighted by Crippen LogP contribution is 2.31. The van der Waals surface area contributed by atoms with E-state index in [4.69, 9.17) is 16.3 Å². The minimum Gasteiger partial charge on any atom is -0.462 e. The molecule has 0 N–H and O–H groups in total. The molecule has 0 spiro atoms. The first kappa shape index (κ1) is 14.9. The van der Waals surface area contributed by atoms with Crippen molar-refractivity contribution >= 4 is 17.6 Å². The summed E-state index contributed by atoms with van der Waals surface area (Å²) in [7, 11) is 0. The zero-order valence-electron chi connectivity index (χ0n) is 12.3. The fourth-order valence-corrected chi connectivity index (χ4v) is 3.84. The number of ether oxygens (including phenoxy) is 1. The van der Waals surface area contributed by atoms with E-state index in [9.17, 15) is 4.79 Å². The molecule has 0 aromatic heterocycles. The van der Waals surface area contributed by atoms with Gasteiger partial charge in [0, 0.05) is 17.0 Å². The maximum atomic E-state index is 12.1. The summed E-state index contributed by atoms with van der Waals surface area (Å²) in [6, 6.07) is 7.57. The van der Waals surface area contributed by atoms with Crippen LogP contribution < -0.4 is 0 Å². The summed E-state index contributed by atoms with van der Waals surface area (Å²) >= 11 is 5.91. The molecule has 2 heterocycles. The summed E-state index contributed by atoms with van der Waals surface area (Å²) in [5, 5.41) is 0.570. The minimum atomic E-state index is -0.259. The Bertz CT molecular complexity index is 503.